The first kappa shape index (κ1) is 10.1. The maximum Gasteiger partial charge on any atom is 0.0898 e. The highest BCUT2D eigenvalue weighted by Gasteiger charge is 2.53. The zero-order valence-corrected chi connectivity index (χ0v) is 9.03. The number of hydrogen-bond acceptors (Lipinski definition) is 3. The van der Waals surface area contributed by atoms with Crippen LogP contribution in [-0.2, 0) is 14.2 Å². The van der Waals surface area contributed by atoms with Crippen molar-refractivity contribution in [1.82, 2.24) is 0 Å². The molecule has 0 spiro atoms. The number of rotatable bonds is 4. The van der Waals surface area contributed by atoms with Crippen LogP contribution in [0.1, 0.15) is 6.92 Å². The van der Waals surface area contributed by atoms with Gasteiger partial charge in [0.2, 0.25) is 0 Å². The lowest BCUT2D eigenvalue weighted by molar-refractivity contribution is 0.00840. The van der Waals surface area contributed by atoms with Crippen LogP contribution in [0.3, 0.4) is 0 Å². The lowest BCUT2D eigenvalue weighted by Crippen LogP contribution is -2.37. The zero-order chi connectivity index (χ0) is 10.2. The number of hydrogen-bond donors (Lipinski definition) is 0. The molecule has 3 nitrogen and oxygen atoms in total. The Morgan fingerprint density at radius 2 is 2.00 bits per heavy atom. The lowest BCUT2D eigenvalue weighted by atomic mass is 9.77. The van der Waals surface area contributed by atoms with Gasteiger partial charge >= 0.3 is 0 Å². The van der Waals surface area contributed by atoms with Gasteiger partial charge < -0.3 is 14.2 Å². The van der Waals surface area contributed by atoms with E-state index in [1.165, 1.54) is 0 Å². The lowest BCUT2D eigenvalue weighted by Gasteiger charge is -2.29. The van der Waals surface area contributed by atoms with Crippen LogP contribution in [0.25, 0.3) is 0 Å². The van der Waals surface area contributed by atoms with Crippen molar-refractivity contribution >= 4 is 0 Å². The van der Waals surface area contributed by atoms with Crippen LogP contribution in [0.4, 0.5) is 0 Å². The van der Waals surface area contributed by atoms with Crippen molar-refractivity contribution in [1.29, 1.82) is 0 Å². The first-order valence-electron chi connectivity index (χ1n) is 5.06. The maximum absolute atomic E-state index is 5.92. The average Bonchev–Trinajstić information content (AvgIpc) is 2.64. The second-order valence-electron chi connectivity index (χ2n) is 4.31. The van der Waals surface area contributed by atoms with Crippen molar-refractivity contribution in [2.24, 2.45) is 11.8 Å². The summed E-state index contributed by atoms with van der Waals surface area (Å²) in [7, 11) is 3.48. The number of fused-ring (bicyclic) bond motifs is 2. The van der Waals surface area contributed by atoms with Gasteiger partial charge in [-0.3, -0.25) is 0 Å². The monoisotopic (exact) mass is 198 g/mol. The Morgan fingerprint density at radius 1 is 1.29 bits per heavy atom. The quantitative estimate of drug-likeness (QED) is 0.636. The molecule has 2 rings (SSSR count). The van der Waals surface area contributed by atoms with Crippen molar-refractivity contribution in [2.75, 3.05) is 27.4 Å². The van der Waals surface area contributed by atoms with Crippen LogP contribution in [0.5, 0.6) is 0 Å². The van der Waals surface area contributed by atoms with Crippen LogP contribution in [0, 0.1) is 11.8 Å². The first-order chi connectivity index (χ1) is 6.71. The van der Waals surface area contributed by atoms with Crippen LogP contribution in [-0.4, -0.2) is 39.1 Å². The molecule has 2 heterocycles. The van der Waals surface area contributed by atoms with E-state index in [4.69, 9.17) is 14.2 Å². The Morgan fingerprint density at radius 3 is 2.64 bits per heavy atom. The Labute approximate surface area is 85.0 Å². The van der Waals surface area contributed by atoms with Crippen molar-refractivity contribution < 1.29 is 14.2 Å². The van der Waals surface area contributed by atoms with E-state index in [-0.39, 0.29) is 11.7 Å². The maximum atomic E-state index is 5.92. The third kappa shape index (κ3) is 1.40. The Hall–Kier alpha value is -0.380. The summed E-state index contributed by atoms with van der Waals surface area (Å²) in [5.74, 6) is 0.859. The fourth-order valence-electron chi connectivity index (χ4n) is 2.62. The van der Waals surface area contributed by atoms with Gasteiger partial charge in [-0.1, -0.05) is 12.2 Å². The highest BCUT2D eigenvalue weighted by atomic mass is 16.5. The van der Waals surface area contributed by atoms with E-state index in [0.717, 1.165) is 13.2 Å². The molecule has 0 unspecified atom stereocenters. The molecule has 0 radical (unpaired) electrons. The molecule has 80 valence electrons. The van der Waals surface area contributed by atoms with Gasteiger partial charge in [0.1, 0.15) is 0 Å². The Kier molecular flexibility index (Phi) is 2.64. The standard InChI is InChI=1S/C11H18O3/c1-11-5-4-10(14-11)8(6-12-2)9(11)7-13-3/h4-5,8-10H,6-7H2,1-3H3/t8-,9+,10+,11-/m0/s1. The molecule has 0 aromatic carbocycles. The van der Waals surface area contributed by atoms with Crippen molar-refractivity contribution in [2.45, 2.75) is 18.6 Å². The van der Waals surface area contributed by atoms with Gasteiger partial charge in [0.15, 0.2) is 0 Å². The predicted molar refractivity (Wildman–Crippen MR) is 53.2 cm³/mol. The average molecular weight is 198 g/mol. The molecule has 2 aliphatic rings. The fraction of sp³-hybridized carbons (Fsp3) is 0.818. The van der Waals surface area contributed by atoms with Crippen molar-refractivity contribution in [3.8, 4) is 0 Å². The Bertz CT molecular complexity index is 239. The van der Waals surface area contributed by atoms with Gasteiger partial charge in [-0.25, -0.2) is 0 Å². The van der Waals surface area contributed by atoms with Crippen LogP contribution >= 0.6 is 0 Å². The molecule has 1 saturated heterocycles. The molecule has 2 aliphatic heterocycles. The number of methoxy groups -OCH3 is 2. The minimum atomic E-state index is -0.135. The third-order valence-electron chi connectivity index (χ3n) is 3.39. The summed E-state index contributed by atoms with van der Waals surface area (Å²) in [6.07, 6.45) is 4.53. The molecular formula is C11H18O3. The molecular weight excluding hydrogens is 180 g/mol. The molecule has 4 atom stereocenters. The molecule has 0 aliphatic carbocycles. The van der Waals surface area contributed by atoms with E-state index in [2.05, 4.69) is 19.1 Å². The minimum Gasteiger partial charge on any atom is -0.384 e. The second kappa shape index (κ2) is 3.65. The van der Waals surface area contributed by atoms with Crippen LogP contribution in [0.2, 0.25) is 0 Å². The van der Waals surface area contributed by atoms with E-state index in [0.29, 0.717) is 11.8 Å². The molecule has 2 bridgehead atoms. The van der Waals surface area contributed by atoms with Gasteiger partial charge in [0, 0.05) is 26.1 Å². The normalized spacial score (nSPS) is 44.9. The molecule has 0 N–H and O–H groups in total. The predicted octanol–water partition coefficient (Wildman–Crippen LogP) is 1.24. The highest BCUT2D eigenvalue weighted by molar-refractivity contribution is 5.21. The summed E-state index contributed by atoms with van der Waals surface area (Å²) in [6.45, 7) is 3.62. The van der Waals surface area contributed by atoms with Gasteiger partial charge in [-0.05, 0) is 6.92 Å². The van der Waals surface area contributed by atoms with Gasteiger partial charge in [0.25, 0.3) is 0 Å². The third-order valence-corrected chi connectivity index (χ3v) is 3.39. The zero-order valence-electron chi connectivity index (χ0n) is 9.03. The second-order valence-corrected chi connectivity index (χ2v) is 4.31. The SMILES string of the molecule is COC[C@H]1[C@@H](COC)[C@]2(C)C=C[C@H]1O2. The Balaban J connectivity index is 2.13. The largest absolute Gasteiger partial charge is 0.384 e. The van der Waals surface area contributed by atoms with E-state index in [1.54, 1.807) is 14.2 Å². The van der Waals surface area contributed by atoms with E-state index in [1.807, 2.05) is 0 Å². The summed E-state index contributed by atoms with van der Waals surface area (Å²) in [5, 5.41) is 0. The summed E-state index contributed by atoms with van der Waals surface area (Å²) in [5.41, 5.74) is -0.135. The summed E-state index contributed by atoms with van der Waals surface area (Å²) in [4.78, 5) is 0. The summed E-state index contributed by atoms with van der Waals surface area (Å²) >= 11 is 0. The molecule has 0 aromatic heterocycles. The van der Waals surface area contributed by atoms with Crippen molar-refractivity contribution in [3.05, 3.63) is 12.2 Å². The van der Waals surface area contributed by atoms with Gasteiger partial charge in [-0.2, -0.15) is 0 Å². The fourth-order valence-corrected chi connectivity index (χ4v) is 2.62. The number of ether oxygens (including phenoxy) is 3. The molecule has 14 heavy (non-hydrogen) atoms. The summed E-state index contributed by atoms with van der Waals surface area (Å²) in [6, 6.07) is 0. The molecule has 0 saturated carbocycles. The van der Waals surface area contributed by atoms with E-state index >= 15 is 0 Å². The van der Waals surface area contributed by atoms with E-state index in [9.17, 15) is 0 Å². The van der Waals surface area contributed by atoms with E-state index < -0.39 is 0 Å². The molecule has 3 heteroatoms. The van der Waals surface area contributed by atoms with Crippen LogP contribution in [0.15, 0.2) is 12.2 Å². The minimum absolute atomic E-state index is 0.135. The van der Waals surface area contributed by atoms with Gasteiger partial charge in [-0.15, -0.1) is 0 Å². The topological polar surface area (TPSA) is 27.7 Å². The van der Waals surface area contributed by atoms with Crippen molar-refractivity contribution in [3.63, 3.8) is 0 Å². The molecule has 0 amide bonds. The van der Waals surface area contributed by atoms with Gasteiger partial charge in [0.05, 0.1) is 24.9 Å². The smallest absolute Gasteiger partial charge is 0.0898 e. The first-order valence-corrected chi connectivity index (χ1v) is 5.06. The van der Waals surface area contributed by atoms with Crippen LogP contribution < -0.4 is 0 Å². The highest BCUT2D eigenvalue weighted by Crippen LogP contribution is 2.46. The summed E-state index contributed by atoms with van der Waals surface area (Å²) < 4.78 is 16.4. The molecule has 0 aromatic rings. The molecule has 1 fully saturated rings.